The number of carbonyl (C=O) groups is 1. The second-order valence-electron chi connectivity index (χ2n) is 5.69. The van der Waals surface area contributed by atoms with E-state index in [9.17, 15) is 9.90 Å². The largest absolute Gasteiger partial charge is 0.505 e. The number of fused-ring (bicyclic) bond motifs is 1. The first kappa shape index (κ1) is 17.6. The Hall–Kier alpha value is -3.79. The zero-order chi connectivity index (χ0) is 19.5. The zero-order valence-corrected chi connectivity index (χ0v) is 15.4. The lowest BCUT2D eigenvalue weighted by Gasteiger charge is -2.11. The van der Waals surface area contributed by atoms with Crippen molar-refractivity contribution >= 4 is 45.0 Å². The molecule has 138 valence electrons. The molecule has 0 saturated carbocycles. The van der Waals surface area contributed by atoms with Crippen LogP contribution in [0.25, 0.3) is 10.8 Å². The molecule has 10 heteroatoms. The summed E-state index contributed by atoms with van der Waals surface area (Å²) in [5, 5.41) is 23.0. The van der Waals surface area contributed by atoms with Gasteiger partial charge in [0.15, 0.2) is 5.75 Å². The zero-order valence-electron chi connectivity index (χ0n) is 14.6. The molecule has 0 bridgehead atoms. The number of rotatable bonds is 4. The molecule has 0 spiro atoms. The molecule has 2 aromatic carbocycles. The SMILES string of the molecule is Cc1nsc(/N=N/c2cc3ccccc3c(C(=O)Nc3ncccn3)c2O)n1. The second-order valence-corrected chi connectivity index (χ2v) is 6.42. The minimum Gasteiger partial charge on any atom is -0.505 e. The van der Waals surface area contributed by atoms with E-state index in [0.717, 1.165) is 16.9 Å². The van der Waals surface area contributed by atoms with Gasteiger partial charge in [0.1, 0.15) is 11.5 Å². The molecular weight excluding hydrogens is 378 g/mol. The molecule has 0 radical (unpaired) electrons. The molecule has 4 aromatic rings. The van der Waals surface area contributed by atoms with Crippen LogP contribution in [0.4, 0.5) is 16.8 Å². The summed E-state index contributed by atoms with van der Waals surface area (Å²) in [6, 6.07) is 10.5. The van der Waals surface area contributed by atoms with Crippen molar-refractivity contribution in [3.63, 3.8) is 0 Å². The van der Waals surface area contributed by atoms with Crippen LogP contribution < -0.4 is 5.32 Å². The third-order valence-corrected chi connectivity index (χ3v) is 4.47. The molecule has 0 aliphatic heterocycles. The molecule has 2 aromatic heterocycles. The first-order valence-electron chi connectivity index (χ1n) is 8.17. The summed E-state index contributed by atoms with van der Waals surface area (Å²) >= 11 is 1.09. The number of phenolic OH excluding ortho intramolecular Hbond substituents is 1. The van der Waals surface area contributed by atoms with Gasteiger partial charge in [-0.2, -0.15) is 4.37 Å². The van der Waals surface area contributed by atoms with E-state index >= 15 is 0 Å². The van der Waals surface area contributed by atoms with Crippen molar-refractivity contribution in [1.29, 1.82) is 0 Å². The third kappa shape index (κ3) is 3.53. The Morgan fingerprint density at radius 1 is 1.14 bits per heavy atom. The topological polar surface area (TPSA) is 126 Å². The lowest BCUT2D eigenvalue weighted by Crippen LogP contribution is -2.14. The predicted octanol–water partition coefficient (Wildman–Crippen LogP) is 4.16. The van der Waals surface area contributed by atoms with Crippen LogP contribution in [0.15, 0.2) is 59.0 Å². The standard InChI is InChI=1S/C18H13N7O2S/c1-10-21-18(28-25-10)24-23-13-9-11-5-2-3-6-12(11)14(15(13)26)16(27)22-17-19-7-4-8-20-17/h2-9,26H,1H3,(H,19,20,22,27)/b24-23+. The molecule has 0 aliphatic carbocycles. The lowest BCUT2D eigenvalue weighted by atomic mass is 10.0. The van der Waals surface area contributed by atoms with Crippen LogP contribution in [0.2, 0.25) is 0 Å². The van der Waals surface area contributed by atoms with Gasteiger partial charge in [-0.15, -0.1) is 10.2 Å². The van der Waals surface area contributed by atoms with Crippen molar-refractivity contribution in [2.75, 3.05) is 5.32 Å². The number of hydrogen-bond donors (Lipinski definition) is 2. The molecule has 0 atom stereocenters. The Labute approximate surface area is 163 Å². The molecule has 2 N–H and O–H groups in total. The molecule has 0 fully saturated rings. The molecule has 4 rings (SSSR count). The van der Waals surface area contributed by atoms with Gasteiger partial charge >= 0.3 is 0 Å². The summed E-state index contributed by atoms with van der Waals surface area (Å²) in [7, 11) is 0. The van der Waals surface area contributed by atoms with E-state index in [-0.39, 0.29) is 22.9 Å². The Bertz CT molecular complexity index is 1190. The number of anilines is 1. The summed E-state index contributed by atoms with van der Waals surface area (Å²) in [4.78, 5) is 24.9. The quantitative estimate of drug-likeness (QED) is 0.503. The predicted molar refractivity (Wildman–Crippen MR) is 104 cm³/mol. The molecule has 9 nitrogen and oxygen atoms in total. The van der Waals surface area contributed by atoms with Crippen LogP contribution in [0.3, 0.4) is 0 Å². The maximum Gasteiger partial charge on any atom is 0.262 e. The van der Waals surface area contributed by atoms with Crippen LogP contribution in [-0.4, -0.2) is 30.3 Å². The monoisotopic (exact) mass is 391 g/mol. The van der Waals surface area contributed by atoms with Gasteiger partial charge in [-0.1, -0.05) is 24.3 Å². The molecule has 2 heterocycles. The van der Waals surface area contributed by atoms with Crippen molar-refractivity contribution in [3.8, 4) is 5.75 Å². The molecule has 28 heavy (non-hydrogen) atoms. The number of benzene rings is 2. The summed E-state index contributed by atoms with van der Waals surface area (Å²) in [6.45, 7) is 1.75. The number of carbonyl (C=O) groups excluding carboxylic acids is 1. The van der Waals surface area contributed by atoms with E-state index in [2.05, 4.69) is 34.9 Å². The minimum absolute atomic E-state index is 0.0629. The summed E-state index contributed by atoms with van der Waals surface area (Å²) in [6.07, 6.45) is 3.02. The van der Waals surface area contributed by atoms with Crippen molar-refractivity contribution in [3.05, 3.63) is 60.2 Å². The van der Waals surface area contributed by atoms with Crippen molar-refractivity contribution < 1.29 is 9.90 Å². The van der Waals surface area contributed by atoms with Crippen LogP contribution in [0.1, 0.15) is 16.2 Å². The number of amides is 1. The van der Waals surface area contributed by atoms with Crippen LogP contribution in [0, 0.1) is 6.92 Å². The highest BCUT2D eigenvalue weighted by molar-refractivity contribution is 7.09. The van der Waals surface area contributed by atoms with Crippen LogP contribution in [0.5, 0.6) is 5.75 Å². The second kappa shape index (κ2) is 7.45. The van der Waals surface area contributed by atoms with Crippen molar-refractivity contribution in [1.82, 2.24) is 19.3 Å². The molecular formula is C18H13N7O2S. The molecule has 0 aliphatic rings. The summed E-state index contributed by atoms with van der Waals surface area (Å²) < 4.78 is 4.03. The van der Waals surface area contributed by atoms with E-state index in [1.807, 2.05) is 12.1 Å². The van der Waals surface area contributed by atoms with Gasteiger partial charge in [0, 0.05) is 23.9 Å². The number of phenols is 1. The number of aryl methyl sites for hydroxylation is 1. The maximum absolute atomic E-state index is 12.8. The number of nitrogens with zero attached hydrogens (tertiary/aromatic N) is 6. The Morgan fingerprint density at radius 3 is 2.68 bits per heavy atom. The van der Waals surface area contributed by atoms with Crippen molar-refractivity contribution in [2.24, 2.45) is 10.2 Å². The van der Waals surface area contributed by atoms with E-state index in [1.54, 1.807) is 31.2 Å². The van der Waals surface area contributed by atoms with E-state index in [4.69, 9.17) is 0 Å². The Kier molecular flexibility index (Phi) is 4.68. The third-order valence-electron chi connectivity index (χ3n) is 3.78. The van der Waals surface area contributed by atoms with Gasteiger partial charge in [0.2, 0.25) is 11.1 Å². The molecule has 1 amide bonds. The number of azo groups is 1. The van der Waals surface area contributed by atoms with E-state index in [0.29, 0.717) is 16.3 Å². The first-order chi connectivity index (χ1) is 13.6. The van der Waals surface area contributed by atoms with Crippen molar-refractivity contribution in [2.45, 2.75) is 6.92 Å². The summed E-state index contributed by atoms with van der Waals surface area (Å²) in [5.74, 6) is -0.127. The normalized spacial score (nSPS) is 11.2. The Balaban J connectivity index is 1.79. The highest BCUT2D eigenvalue weighted by Crippen LogP contribution is 2.38. The van der Waals surface area contributed by atoms with Gasteiger partial charge in [-0.25, -0.2) is 15.0 Å². The highest BCUT2D eigenvalue weighted by atomic mass is 32.1. The highest BCUT2D eigenvalue weighted by Gasteiger charge is 2.20. The Morgan fingerprint density at radius 2 is 1.93 bits per heavy atom. The number of nitrogens with one attached hydrogen (secondary N) is 1. The van der Waals surface area contributed by atoms with Crippen LogP contribution in [-0.2, 0) is 0 Å². The fourth-order valence-corrected chi connectivity index (χ4v) is 3.08. The van der Waals surface area contributed by atoms with Crippen LogP contribution >= 0.6 is 11.5 Å². The minimum atomic E-state index is -0.552. The molecule has 0 saturated heterocycles. The number of aromatic hydroxyl groups is 1. The van der Waals surface area contributed by atoms with Gasteiger partial charge < -0.3 is 5.11 Å². The molecule has 0 unspecified atom stereocenters. The lowest BCUT2D eigenvalue weighted by molar-refractivity contribution is 0.102. The fraction of sp³-hybridized carbons (Fsp3) is 0.0556. The summed E-state index contributed by atoms with van der Waals surface area (Å²) in [5.41, 5.74) is 0.207. The smallest absolute Gasteiger partial charge is 0.262 e. The average Bonchev–Trinajstić information content (AvgIpc) is 3.12. The van der Waals surface area contributed by atoms with Gasteiger partial charge in [-0.05, 0) is 29.8 Å². The van der Waals surface area contributed by atoms with E-state index in [1.165, 1.54) is 12.4 Å². The number of aromatic nitrogens is 4. The first-order valence-corrected chi connectivity index (χ1v) is 8.94. The number of hydrogen-bond acceptors (Lipinski definition) is 9. The van der Waals surface area contributed by atoms with Gasteiger partial charge in [-0.3, -0.25) is 10.1 Å². The maximum atomic E-state index is 12.8. The average molecular weight is 391 g/mol. The fourth-order valence-electron chi connectivity index (χ4n) is 2.58. The van der Waals surface area contributed by atoms with Gasteiger partial charge in [0.05, 0.1) is 5.56 Å². The van der Waals surface area contributed by atoms with Gasteiger partial charge in [0.25, 0.3) is 5.91 Å². The van der Waals surface area contributed by atoms with E-state index < -0.39 is 5.91 Å².